The Morgan fingerprint density at radius 1 is 0.346 bits per heavy atom. The van der Waals surface area contributed by atoms with Crippen LogP contribution in [-0.4, -0.2) is 0 Å². The average Bonchev–Trinajstić information content (AvgIpc) is 2.71. The van der Waals surface area contributed by atoms with Gasteiger partial charge in [0.25, 0.3) is 0 Å². The van der Waals surface area contributed by atoms with E-state index in [0.29, 0.717) is 0 Å². The second-order valence-electron chi connectivity index (χ2n) is 5.89. The van der Waals surface area contributed by atoms with Crippen molar-refractivity contribution >= 4 is 24.3 Å². The molecule has 0 spiro atoms. The van der Waals surface area contributed by atoms with Crippen LogP contribution < -0.4 is 0 Å². The molecule has 0 saturated heterocycles. The minimum Gasteiger partial charge on any atom is -0.0622 e. The van der Waals surface area contributed by atoms with Gasteiger partial charge in [-0.2, -0.15) is 0 Å². The summed E-state index contributed by atoms with van der Waals surface area (Å²) >= 11 is 0. The molecule has 3 aromatic rings. The van der Waals surface area contributed by atoms with Gasteiger partial charge in [-0.15, -0.1) is 0 Å². The molecule has 0 aliphatic rings. The van der Waals surface area contributed by atoms with E-state index in [2.05, 4.69) is 97.1 Å². The molecule has 0 aromatic heterocycles. The number of rotatable bonds is 6. The Balaban J connectivity index is 1.66. The van der Waals surface area contributed by atoms with Crippen molar-refractivity contribution in [2.24, 2.45) is 0 Å². The van der Waals surface area contributed by atoms with Crippen LogP contribution in [0.25, 0.3) is 24.3 Å². The number of hydrogen-bond donors (Lipinski definition) is 0. The van der Waals surface area contributed by atoms with Gasteiger partial charge in [-0.25, -0.2) is 0 Å². The Hall–Kier alpha value is -3.38. The molecule has 0 amide bonds. The van der Waals surface area contributed by atoms with Crippen LogP contribution in [0.2, 0.25) is 0 Å². The summed E-state index contributed by atoms with van der Waals surface area (Å²) in [5.41, 5.74) is 4.82. The van der Waals surface area contributed by atoms with E-state index in [1.54, 1.807) is 0 Å². The molecule has 0 bridgehead atoms. The third-order valence-electron chi connectivity index (χ3n) is 3.95. The maximum absolute atomic E-state index is 2.14. The Bertz CT molecular complexity index is 832. The van der Waals surface area contributed by atoms with Crippen LogP contribution in [0.4, 0.5) is 0 Å². The third kappa shape index (κ3) is 5.61. The molecule has 0 aliphatic carbocycles. The Labute approximate surface area is 156 Å². The summed E-state index contributed by atoms with van der Waals surface area (Å²) < 4.78 is 0. The first kappa shape index (κ1) is 17.4. The van der Waals surface area contributed by atoms with Crippen molar-refractivity contribution in [1.82, 2.24) is 0 Å². The second-order valence-corrected chi connectivity index (χ2v) is 5.89. The lowest BCUT2D eigenvalue weighted by Gasteiger charge is -1.99. The number of benzene rings is 3. The molecular weight excluding hydrogens is 312 g/mol. The van der Waals surface area contributed by atoms with Crippen LogP contribution in [0.5, 0.6) is 0 Å². The topological polar surface area (TPSA) is 0 Å². The van der Waals surface area contributed by atoms with Crippen LogP contribution in [0, 0.1) is 0 Å². The molecule has 0 fully saturated rings. The van der Waals surface area contributed by atoms with E-state index in [1.807, 2.05) is 36.4 Å². The molecule has 0 N–H and O–H groups in total. The zero-order valence-electron chi connectivity index (χ0n) is 14.7. The highest BCUT2D eigenvalue weighted by molar-refractivity contribution is 5.68. The van der Waals surface area contributed by atoms with Gasteiger partial charge in [0.15, 0.2) is 0 Å². The summed E-state index contributed by atoms with van der Waals surface area (Å²) in [5.74, 6) is 0. The van der Waals surface area contributed by atoms with Gasteiger partial charge in [-0.05, 0) is 22.3 Å². The molecule has 3 aromatic carbocycles. The standard InChI is InChI=1S/C26H22/c1-3-13-23(14-4-1)17-7-9-19-25-21-11-12-22-26(25)20-10-8-18-24-15-5-2-6-16-24/h1-22H/b17-7+,18-8+,19-9?,20-10?. The van der Waals surface area contributed by atoms with Gasteiger partial charge in [0.2, 0.25) is 0 Å². The van der Waals surface area contributed by atoms with E-state index in [0.717, 1.165) is 0 Å². The van der Waals surface area contributed by atoms with Crippen molar-refractivity contribution in [3.05, 3.63) is 131 Å². The van der Waals surface area contributed by atoms with Gasteiger partial charge < -0.3 is 0 Å². The van der Waals surface area contributed by atoms with Gasteiger partial charge in [0, 0.05) is 0 Å². The van der Waals surface area contributed by atoms with Crippen LogP contribution in [-0.2, 0) is 0 Å². The van der Waals surface area contributed by atoms with E-state index in [9.17, 15) is 0 Å². The van der Waals surface area contributed by atoms with Crippen LogP contribution in [0.15, 0.2) is 109 Å². The van der Waals surface area contributed by atoms with Crippen molar-refractivity contribution in [3.8, 4) is 0 Å². The quantitative estimate of drug-likeness (QED) is 0.420. The lowest BCUT2D eigenvalue weighted by Crippen LogP contribution is -1.78. The molecule has 0 heterocycles. The third-order valence-corrected chi connectivity index (χ3v) is 3.95. The van der Waals surface area contributed by atoms with Gasteiger partial charge in [-0.1, -0.05) is 134 Å². The molecule has 0 nitrogen and oxygen atoms in total. The van der Waals surface area contributed by atoms with E-state index in [4.69, 9.17) is 0 Å². The monoisotopic (exact) mass is 334 g/mol. The summed E-state index contributed by atoms with van der Waals surface area (Å²) in [7, 11) is 0. The zero-order chi connectivity index (χ0) is 17.9. The Morgan fingerprint density at radius 2 is 0.692 bits per heavy atom. The second kappa shape index (κ2) is 9.80. The molecule has 3 rings (SSSR count). The maximum atomic E-state index is 2.14. The van der Waals surface area contributed by atoms with E-state index >= 15 is 0 Å². The summed E-state index contributed by atoms with van der Waals surface area (Å²) in [6.07, 6.45) is 16.8. The molecule has 126 valence electrons. The van der Waals surface area contributed by atoms with Crippen molar-refractivity contribution in [2.45, 2.75) is 0 Å². The zero-order valence-corrected chi connectivity index (χ0v) is 14.7. The van der Waals surface area contributed by atoms with Crippen LogP contribution in [0.1, 0.15) is 22.3 Å². The first-order chi connectivity index (χ1) is 12.9. The fourth-order valence-electron chi connectivity index (χ4n) is 2.59. The molecule has 0 unspecified atom stereocenters. The fourth-order valence-corrected chi connectivity index (χ4v) is 2.59. The highest BCUT2D eigenvalue weighted by Crippen LogP contribution is 2.13. The van der Waals surface area contributed by atoms with E-state index in [-0.39, 0.29) is 0 Å². The molecule has 0 atom stereocenters. The lowest BCUT2D eigenvalue weighted by atomic mass is 10.1. The largest absolute Gasteiger partial charge is 0.0622 e. The summed E-state index contributed by atoms with van der Waals surface area (Å²) in [6.45, 7) is 0. The fraction of sp³-hybridized carbons (Fsp3) is 0. The highest BCUT2D eigenvalue weighted by Gasteiger charge is 1.92. The predicted octanol–water partition coefficient (Wildman–Crippen LogP) is 7.14. The summed E-state index contributed by atoms with van der Waals surface area (Å²) in [4.78, 5) is 0. The van der Waals surface area contributed by atoms with Crippen LogP contribution >= 0.6 is 0 Å². The van der Waals surface area contributed by atoms with Crippen molar-refractivity contribution in [3.63, 3.8) is 0 Å². The van der Waals surface area contributed by atoms with Gasteiger partial charge in [0.1, 0.15) is 0 Å². The molecule has 26 heavy (non-hydrogen) atoms. The number of hydrogen-bond acceptors (Lipinski definition) is 0. The minimum absolute atomic E-state index is 1.20. The molecule has 0 heteroatoms. The molecule has 0 saturated carbocycles. The average molecular weight is 334 g/mol. The smallest absolute Gasteiger partial charge is 0.0184 e. The number of allylic oxidation sites excluding steroid dienone is 4. The SMILES string of the molecule is C(=Cc1ccccc1C=C/C=C/c1ccccc1)/C=C/c1ccccc1. The molecular formula is C26H22. The summed E-state index contributed by atoms with van der Waals surface area (Å²) in [5, 5.41) is 0. The van der Waals surface area contributed by atoms with Crippen molar-refractivity contribution < 1.29 is 0 Å². The lowest BCUT2D eigenvalue weighted by molar-refractivity contribution is 1.61. The van der Waals surface area contributed by atoms with Gasteiger partial charge in [0.05, 0.1) is 0 Å². The molecule has 0 aliphatic heterocycles. The minimum atomic E-state index is 1.20. The van der Waals surface area contributed by atoms with E-state index in [1.165, 1.54) is 22.3 Å². The first-order valence-electron chi connectivity index (χ1n) is 8.80. The molecule has 0 radical (unpaired) electrons. The first-order valence-corrected chi connectivity index (χ1v) is 8.80. The van der Waals surface area contributed by atoms with Gasteiger partial charge in [-0.3, -0.25) is 0 Å². The highest BCUT2D eigenvalue weighted by atomic mass is 14.0. The predicted molar refractivity (Wildman–Crippen MR) is 115 cm³/mol. The normalized spacial score (nSPS) is 12.0. The Morgan fingerprint density at radius 3 is 1.12 bits per heavy atom. The van der Waals surface area contributed by atoms with Gasteiger partial charge >= 0.3 is 0 Å². The van der Waals surface area contributed by atoms with E-state index < -0.39 is 0 Å². The van der Waals surface area contributed by atoms with Crippen molar-refractivity contribution in [1.29, 1.82) is 0 Å². The van der Waals surface area contributed by atoms with Crippen LogP contribution in [0.3, 0.4) is 0 Å². The Kier molecular flexibility index (Phi) is 6.58. The maximum Gasteiger partial charge on any atom is -0.0184 e. The van der Waals surface area contributed by atoms with Crippen molar-refractivity contribution in [2.75, 3.05) is 0 Å². The summed E-state index contributed by atoms with van der Waals surface area (Å²) in [6, 6.07) is 29.0.